The predicted molar refractivity (Wildman–Crippen MR) is 166 cm³/mol. The number of fused-ring (bicyclic) bond motifs is 2. The molecule has 0 fully saturated rings. The summed E-state index contributed by atoms with van der Waals surface area (Å²) in [5.74, 6) is -5.23. The molecule has 0 saturated carbocycles. The molecule has 44 heavy (non-hydrogen) atoms. The molecule has 0 aliphatic carbocycles. The zero-order chi connectivity index (χ0) is 30.9. The Kier molecular flexibility index (Phi) is 5.83. The van der Waals surface area contributed by atoms with Gasteiger partial charge in [0.25, 0.3) is 0 Å². The molecule has 0 heterocycles. The predicted octanol–water partition coefficient (Wildman–Crippen LogP) is 7.86. The lowest BCUT2D eigenvalue weighted by molar-refractivity contribution is 0.0681. The van der Waals surface area contributed by atoms with Gasteiger partial charge in [-0.05, 0) is 67.2 Å². The van der Waals surface area contributed by atoms with Gasteiger partial charge < -0.3 is 20.4 Å². The summed E-state index contributed by atoms with van der Waals surface area (Å²) < 4.78 is 0. The van der Waals surface area contributed by atoms with Crippen LogP contribution in [0, 0.1) is 0 Å². The van der Waals surface area contributed by atoms with Crippen LogP contribution in [0.3, 0.4) is 0 Å². The van der Waals surface area contributed by atoms with Gasteiger partial charge in [-0.3, -0.25) is 0 Å². The van der Waals surface area contributed by atoms with Gasteiger partial charge in [0.2, 0.25) is 0 Å². The van der Waals surface area contributed by atoms with Crippen LogP contribution < -0.4 is 0 Å². The summed E-state index contributed by atoms with van der Waals surface area (Å²) in [6.45, 7) is 0. The Bertz CT molecular complexity index is 2350. The Morgan fingerprint density at radius 2 is 0.795 bits per heavy atom. The zero-order valence-electron chi connectivity index (χ0n) is 22.7. The summed E-state index contributed by atoms with van der Waals surface area (Å²) in [5.41, 5.74) is 1.19. The third kappa shape index (κ3) is 3.64. The first-order valence-electron chi connectivity index (χ1n) is 13.5. The summed E-state index contributed by atoms with van der Waals surface area (Å²) in [5, 5.41) is 44.0. The minimum atomic E-state index is -1.31. The first-order chi connectivity index (χ1) is 21.2. The second-order valence-corrected chi connectivity index (χ2v) is 10.4. The normalized spacial score (nSPS) is 11.5. The Balaban J connectivity index is 1.93. The van der Waals surface area contributed by atoms with Gasteiger partial charge in [0, 0.05) is 16.3 Å². The van der Waals surface area contributed by atoms with E-state index >= 15 is 0 Å². The Labute approximate surface area is 248 Å². The maximum atomic E-state index is 13.2. The number of rotatable bonds is 6. The molecule has 7 aromatic carbocycles. The molecule has 0 saturated heterocycles. The van der Waals surface area contributed by atoms with Crippen molar-refractivity contribution in [2.75, 3.05) is 0 Å². The largest absolute Gasteiger partial charge is 0.478 e. The maximum Gasteiger partial charge on any atom is 0.337 e. The molecule has 7 rings (SSSR count). The van der Waals surface area contributed by atoms with Crippen molar-refractivity contribution in [1.82, 2.24) is 0 Å². The monoisotopic (exact) mass is 580 g/mol. The first kappa shape index (κ1) is 26.6. The van der Waals surface area contributed by atoms with Crippen LogP contribution >= 0.6 is 0 Å². The molecule has 8 nitrogen and oxygen atoms in total. The lowest BCUT2D eigenvalue weighted by Gasteiger charge is -2.24. The third-order valence-electron chi connectivity index (χ3n) is 8.21. The van der Waals surface area contributed by atoms with Crippen molar-refractivity contribution in [2.24, 2.45) is 0 Å². The van der Waals surface area contributed by atoms with E-state index in [0.29, 0.717) is 54.6 Å². The maximum absolute atomic E-state index is 13.2. The minimum Gasteiger partial charge on any atom is -0.478 e. The number of carbonyl (C=O) groups is 4. The van der Waals surface area contributed by atoms with Gasteiger partial charge in [-0.25, -0.2) is 19.2 Å². The molecule has 0 aliphatic rings. The second kappa shape index (κ2) is 9.64. The van der Waals surface area contributed by atoms with Crippen LogP contribution in [0.15, 0.2) is 97.1 Å². The molecule has 4 N–H and O–H groups in total. The van der Waals surface area contributed by atoms with E-state index in [1.807, 2.05) is 18.2 Å². The molecule has 8 heteroatoms. The van der Waals surface area contributed by atoms with Crippen LogP contribution in [0.25, 0.3) is 65.3 Å². The van der Waals surface area contributed by atoms with E-state index in [4.69, 9.17) is 0 Å². The fourth-order valence-electron chi connectivity index (χ4n) is 6.58. The standard InChI is InChI=1S/C36H20O8/c37-33(38)22-14-11-19-20-12-15-24(35(41)42)31-29(20)30(21-13-16-23(34(39)40)28(22)27(19)21)25(17-7-3-1-4-8-17)26(32(31)36(43)44)18-9-5-2-6-10-18/h1-16H,(H,37,38)(H,39,40)(H,41,42)(H,43,44). The summed E-state index contributed by atoms with van der Waals surface area (Å²) >= 11 is 0. The van der Waals surface area contributed by atoms with Crippen molar-refractivity contribution in [3.8, 4) is 22.3 Å². The molecule has 0 unspecified atom stereocenters. The fourth-order valence-corrected chi connectivity index (χ4v) is 6.58. The summed E-state index contributed by atoms with van der Waals surface area (Å²) in [6.07, 6.45) is 0. The number of aromatic carboxylic acids is 4. The van der Waals surface area contributed by atoms with Gasteiger partial charge in [-0.1, -0.05) is 78.9 Å². The van der Waals surface area contributed by atoms with Crippen molar-refractivity contribution in [3.05, 3.63) is 119 Å². The second-order valence-electron chi connectivity index (χ2n) is 10.4. The van der Waals surface area contributed by atoms with Crippen LogP contribution in [-0.4, -0.2) is 44.3 Å². The Morgan fingerprint density at radius 3 is 1.27 bits per heavy atom. The lowest BCUT2D eigenvalue weighted by Crippen LogP contribution is -2.10. The van der Waals surface area contributed by atoms with E-state index < -0.39 is 23.9 Å². The molecular formula is C36H20O8. The number of hydrogen-bond donors (Lipinski definition) is 4. The molecule has 7 aromatic rings. The van der Waals surface area contributed by atoms with E-state index in [9.17, 15) is 39.6 Å². The fraction of sp³-hybridized carbons (Fsp3) is 0. The quantitative estimate of drug-likeness (QED) is 0.115. The van der Waals surface area contributed by atoms with Gasteiger partial charge in [-0.2, -0.15) is 0 Å². The molecular weight excluding hydrogens is 560 g/mol. The highest BCUT2D eigenvalue weighted by Gasteiger charge is 2.31. The zero-order valence-corrected chi connectivity index (χ0v) is 22.7. The topological polar surface area (TPSA) is 149 Å². The molecule has 0 amide bonds. The van der Waals surface area contributed by atoms with Crippen LogP contribution in [-0.2, 0) is 0 Å². The average molecular weight is 581 g/mol. The van der Waals surface area contributed by atoms with Gasteiger partial charge in [-0.15, -0.1) is 0 Å². The minimum absolute atomic E-state index is 0.0273. The lowest BCUT2D eigenvalue weighted by atomic mass is 9.78. The van der Waals surface area contributed by atoms with E-state index in [-0.39, 0.29) is 33.0 Å². The van der Waals surface area contributed by atoms with Crippen LogP contribution in [0.4, 0.5) is 0 Å². The van der Waals surface area contributed by atoms with E-state index in [0.717, 1.165) is 0 Å². The van der Waals surface area contributed by atoms with Crippen molar-refractivity contribution >= 4 is 67.0 Å². The van der Waals surface area contributed by atoms with Crippen molar-refractivity contribution in [3.63, 3.8) is 0 Å². The highest BCUT2D eigenvalue weighted by Crippen LogP contribution is 2.51. The van der Waals surface area contributed by atoms with Gasteiger partial charge in [0.1, 0.15) is 0 Å². The SMILES string of the molecule is O=C(O)c1ccc2c3ccc(C(=O)O)c4c(C(=O)O)c(-c5ccccc5)c(-c5ccccc5)c(c5ccc(C(=O)O)c1c25)c43. The van der Waals surface area contributed by atoms with Crippen molar-refractivity contribution < 1.29 is 39.6 Å². The first-order valence-corrected chi connectivity index (χ1v) is 13.5. The summed E-state index contributed by atoms with van der Waals surface area (Å²) in [4.78, 5) is 50.7. The third-order valence-corrected chi connectivity index (χ3v) is 8.21. The number of hydrogen-bond acceptors (Lipinski definition) is 4. The van der Waals surface area contributed by atoms with Gasteiger partial charge >= 0.3 is 23.9 Å². The highest BCUT2D eigenvalue weighted by molar-refractivity contribution is 6.41. The molecule has 0 aromatic heterocycles. The van der Waals surface area contributed by atoms with Gasteiger partial charge in [0.05, 0.1) is 22.3 Å². The summed E-state index contributed by atoms with van der Waals surface area (Å²) in [7, 11) is 0. The average Bonchev–Trinajstić information content (AvgIpc) is 3.02. The Hall–Kier alpha value is -6.28. The number of benzene rings is 7. The van der Waals surface area contributed by atoms with Crippen LogP contribution in [0.1, 0.15) is 41.4 Å². The smallest absolute Gasteiger partial charge is 0.337 e. The van der Waals surface area contributed by atoms with Crippen LogP contribution in [0.5, 0.6) is 0 Å². The van der Waals surface area contributed by atoms with Crippen LogP contribution in [0.2, 0.25) is 0 Å². The molecule has 0 radical (unpaired) electrons. The van der Waals surface area contributed by atoms with E-state index in [2.05, 4.69) is 0 Å². The molecule has 0 aliphatic heterocycles. The Morgan fingerprint density at radius 1 is 0.364 bits per heavy atom. The summed E-state index contributed by atoms with van der Waals surface area (Å²) in [6, 6.07) is 26.6. The highest BCUT2D eigenvalue weighted by atomic mass is 16.4. The molecule has 0 atom stereocenters. The van der Waals surface area contributed by atoms with Crippen molar-refractivity contribution in [2.45, 2.75) is 0 Å². The molecule has 212 valence electrons. The van der Waals surface area contributed by atoms with E-state index in [1.54, 1.807) is 60.7 Å². The van der Waals surface area contributed by atoms with Gasteiger partial charge in [0.15, 0.2) is 0 Å². The molecule has 0 spiro atoms. The number of carboxylic acid groups (broad SMARTS) is 4. The molecule has 0 bridgehead atoms. The van der Waals surface area contributed by atoms with Crippen molar-refractivity contribution in [1.29, 1.82) is 0 Å². The number of carboxylic acids is 4. The van der Waals surface area contributed by atoms with E-state index in [1.165, 1.54) is 18.2 Å².